The molecular formula is C64H53NO. The maximum Gasteiger partial charge on any atom is 0.137 e. The van der Waals surface area contributed by atoms with Crippen LogP contribution in [0.25, 0.3) is 88.0 Å². The zero-order chi connectivity index (χ0) is 45.2. The summed E-state index contributed by atoms with van der Waals surface area (Å²) in [6.45, 7) is 13.9. The summed E-state index contributed by atoms with van der Waals surface area (Å²) in [5, 5.41) is 7.03. The molecule has 320 valence electrons. The molecule has 2 nitrogen and oxygen atoms in total. The second-order valence-corrected chi connectivity index (χ2v) is 19.7. The molecule has 10 aromatic carbocycles. The molecule has 11 rings (SSSR count). The van der Waals surface area contributed by atoms with Gasteiger partial charge in [0.1, 0.15) is 11.2 Å². The van der Waals surface area contributed by atoms with E-state index < -0.39 is 0 Å². The van der Waals surface area contributed by atoms with Gasteiger partial charge in [-0.15, -0.1) is 0 Å². The van der Waals surface area contributed by atoms with Gasteiger partial charge in [0.2, 0.25) is 0 Å². The van der Waals surface area contributed by atoms with Gasteiger partial charge in [0, 0.05) is 16.5 Å². The van der Waals surface area contributed by atoms with E-state index in [9.17, 15) is 0 Å². The third-order valence-electron chi connectivity index (χ3n) is 13.4. The highest BCUT2D eigenvalue weighted by molar-refractivity contribution is 6.16. The molecule has 0 aliphatic heterocycles. The fourth-order valence-corrected chi connectivity index (χ4v) is 10.0. The lowest BCUT2D eigenvalue weighted by Gasteiger charge is -2.31. The molecule has 1 heterocycles. The minimum atomic E-state index is -0.0197. The van der Waals surface area contributed by atoms with Crippen molar-refractivity contribution in [1.82, 2.24) is 0 Å². The van der Waals surface area contributed by atoms with Gasteiger partial charge in [0.25, 0.3) is 0 Å². The number of hydrogen-bond acceptors (Lipinski definition) is 2. The predicted octanol–water partition coefficient (Wildman–Crippen LogP) is 18.6. The van der Waals surface area contributed by atoms with Gasteiger partial charge < -0.3 is 9.32 Å². The van der Waals surface area contributed by atoms with E-state index in [1.165, 1.54) is 66.1 Å². The summed E-state index contributed by atoms with van der Waals surface area (Å²) in [6.07, 6.45) is 0. The Labute approximate surface area is 388 Å². The summed E-state index contributed by atoms with van der Waals surface area (Å²) < 4.78 is 6.63. The van der Waals surface area contributed by atoms with Crippen molar-refractivity contribution in [2.75, 3.05) is 4.90 Å². The van der Waals surface area contributed by atoms with Crippen molar-refractivity contribution >= 4 is 60.5 Å². The third kappa shape index (κ3) is 7.14. The smallest absolute Gasteiger partial charge is 0.137 e. The van der Waals surface area contributed by atoms with E-state index in [0.717, 1.165) is 50.1 Å². The molecule has 2 heteroatoms. The van der Waals surface area contributed by atoms with Crippen molar-refractivity contribution in [3.8, 4) is 44.5 Å². The van der Waals surface area contributed by atoms with Crippen molar-refractivity contribution in [2.24, 2.45) is 0 Å². The molecule has 11 aromatic rings. The van der Waals surface area contributed by atoms with E-state index in [2.05, 4.69) is 259 Å². The van der Waals surface area contributed by atoms with Crippen LogP contribution in [0, 0.1) is 0 Å². The van der Waals surface area contributed by atoms with E-state index in [-0.39, 0.29) is 10.8 Å². The topological polar surface area (TPSA) is 16.4 Å². The Balaban J connectivity index is 1.22. The molecular weight excluding hydrogens is 799 g/mol. The normalized spacial score (nSPS) is 12.1. The lowest BCUT2D eigenvalue weighted by atomic mass is 9.78. The molecule has 0 N–H and O–H groups in total. The summed E-state index contributed by atoms with van der Waals surface area (Å²) in [5.74, 6) is 0. The third-order valence-corrected chi connectivity index (χ3v) is 13.4. The molecule has 0 fully saturated rings. The summed E-state index contributed by atoms with van der Waals surface area (Å²) in [6, 6.07) is 77.9. The van der Waals surface area contributed by atoms with Crippen molar-refractivity contribution < 1.29 is 4.42 Å². The first-order valence-electron chi connectivity index (χ1n) is 23.2. The molecule has 0 bridgehead atoms. The summed E-state index contributed by atoms with van der Waals surface area (Å²) in [5.41, 5.74) is 17.1. The molecule has 1 aromatic heterocycles. The molecule has 0 amide bonds. The fraction of sp³-hybridized carbons (Fsp3) is 0.125. The molecule has 0 saturated heterocycles. The lowest BCUT2D eigenvalue weighted by Crippen LogP contribution is -2.16. The van der Waals surface area contributed by atoms with E-state index >= 15 is 0 Å². The first kappa shape index (κ1) is 41.1. The number of para-hydroxylation sites is 3. The van der Waals surface area contributed by atoms with Crippen molar-refractivity contribution in [1.29, 1.82) is 0 Å². The Hall–Kier alpha value is -7.68. The monoisotopic (exact) mass is 851 g/mol. The van der Waals surface area contributed by atoms with Crippen LogP contribution in [0.3, 0.4) is 0 Å². The Bertz CT molecular complexity index is 3570. The number of benzene rings is 10. The first-order valence-corrected chi connectivity index (χ1v) is 23.2. The Morgan fingerprint density at radius 3 is 1.30 bits per heavy atom. The highest BCUT2D eigenvalue weighted by Gasteiger charge is 2.27. The maximum absolute atomic E-state index is 6.63. The van der Waals surface area contributed by atoms with E-state index in [1.54, 1.807) is 0 Å². The van der Waals surface area contributed by atoms with Gasteiger partial charge in [-0.2, -0.15) is 0 Å². The summed E-state index contributed by atoms with van der Waals surface area (Å²) in [7, 11) is 0. The number of rotatable bonds is 7. The number of anilines is 3. The van der Waals surface area contributed by atoms with Crippen LogP contribution < -0.4 is 4.90 Å². The van der Waals surface area contributed by atoms with Crippen LogP contribution in [0.4, 0.5) is 17.1 Å². The minimum absolute atomic E-state index is 0.0197. The van der Waals surface area contributed by atoms with Crippen LogP contribution in [0.1, 0.15) is 52.7 Å². The Kier molecular flexibility index (Phi) is 10.0. The number of furan rings is 1. The zero-order valence-electron chi connectivity index (χ0n) is 38.6. The average Bonchev–Trinajstić information content (AvgIpc) is 3.73. The molecule has 0 aliphatic rings. The first-order chi connectivity index (χ1) is 32.0. The van der Waals surface area contributed by atoms with Crippen LogP contribution in [-0.4, -0.2) is 0 Å². The van der Waals surface area contributed by atoms with Crippen LogP contribution in [-0.2, 0) is 10.8 Å². The van der Waals surface area contributed by atoms with Gasteiger partial charge >= 0.3 is 0 Å². The molecule has 0 saturated carbocycles. The summed E-state index contributed by atoms with van der Waals surface area (Å²) in [4.78, 5) is 2.50. The SMILES string of the molecule is CC(C)(C)c1cc(-c2cccc3cccc(-c4ccccc4N(c4ccccc4-c4cccc5cccc(-c6ccccc6)c45)c4cccc5oc6ccccc6c45)c23)cc(C(C)(C)C)c1. The Morgan fingerprint density at radius 2 is 0.742 bits per heavy atom. The molecule has 0 spiro atoms. The number of nitrogens with zero attached hydrogens (tertiary/aromatic N) is 1. The van der Waals surface area contributed by atoms with E-state index in [0.29, 0.717) is 0 Å². The second-order valence-electron chi connectivity index (χ2n) is 19.7. The van der Waals surface area contributed by atoms with Gasteiger partial charge in [-0.3, -0.25) is 0 Å². The summed E-state index contributed by atoms with van der Waals surface area (Å²) >= 11 is 0. The van der Waals surface area contributed by atoms with Crippen molar-refractivity contribution in [2.45, 2.75) is 52.4 Å². The zero-order valence-corrected chi connectivity index (χ0v) is 38.6. The van der Waals surface area contributed by atoms with Crippen LogP contribution in [0.15, 0.2) is 217 Å². The largest absolute Gasteiger partial charge is 0.456 e. The highest BCUT2D eigenvalue weighted by Crippen LogP contribution is 2.51. The molecule has 0 aliphatic carbocycles. The van der Waals surface area contributed by atoms with Crippen LogP contribution >= 0.6 is 0 Å². The number of hydrogen-bond donors (Lipinski definition) is 0. The second kappa shape index (κ2) is 16.1. The van der Waals surface area contributed by atoms with Crippen LogP contribution in [0.2, 0.25) is 0 Å². The molecule has 66 heavy (non-hydrogen) atoms. The molecule has 0 atom stereocenters. The Morgan fingerprint density at radius 1 is 0.318 bits per heavy atom. The van der Waals surface area contributed by atoms with Gasteiger partial charge in [0.05, 0.1) is 22.4 Å². The van der Waals surface area contributed by atoms with Crippen molar-refractivity contribution in [3.05, 3.63) is 223 Å². The van der Waals surface area contributed by atoms with Crippen molar-refractivity contribution in [3.63, 3.8) is 0 Å². The highest BCUT2D eigenvalue weighted by atomic mass is 16.3. The van der Waals surface area contributed by atoms with E-state index in [1.807, 2.05) is 0 Å². The molecule has 0 radical (unpaired) electrons. The van der Waals surface area contributed by atoms with Gasteiger partial charge in [-0.05, 0) is 107 Å². The predicted molar refractivity (Wildman–Crippen MR) is 283 cm³/mol. The molecule has 0 unspecified atom stereocenters. The van der Waals surface area contributed by atoms with Gasteiger partial charge in [-0.25, -0.2) is 0 Å². The minimum Gasteiger partial charge on any atom is -0.456 e. The lowest BCUT2D eigenvalue weighted by molar-refractivity contribution is 0.569. The maximum atomic E-state index is 6.63. The van der Waals surface area contributed by atoms with Crippen LogP contribution in [0.5, 0.6) is 0 Å². The average molecular weight is 852 g/mol. The standard InChI is InChI=1S/C64H53NO/c1-63(2,3)46-39-45(40-47(41-46)64(4,5)6)49-31-17-24-44-26-19-33-53(61(44)49)51-28-11-14-35-56(51)65(57-36-20-38-59-62(57)54-29-12-15-37-58(54)66-59)55-34-13-10-27-50(55)52-32-18-25-43-23-16-30-48(60(43)52)42-21-8-7-9-22-42/h7-41H,1-6H3. The van der Waals surface area contributed by atoms with E-state index in [4.69, 9.17) is 4.42 Å². The quantitative estimate of drug-likeness (QED) is 0.159. The fourth-order valence-electron chi connectivity index (χ4n) is 10.0. The van der Waals surface area contributed by atoms with Gasteiger partial charge in [-0.1, -0.05) is 224 Å². The number of fused-ring (bicyclic) bond motifs is 5. The van der Waals surface area contributed by atoms with Gasteiger partial charge in [0.15, 0.2) is 0 Å².